The van der Waals surface area contributed by atoms with Crippen LogP contribution in [0.1, 0.15) is 24.4 Å². The fourth-order valence-corrected chi connectivity index (χ4v) is 9.61. The number of nitrogens with two attached hydrogens (primary N) is 2. The van der Waals surface area contributed by atoms with E-state index in [-0.39, 0.29) is 22.9 Å². The van der Waals surface area contributed by atoms with Crippen LogP contribution >= 0.6 is 38.1 Å². The molecule has 0 aliphatic carbocycles. The minimum absolute atomic E-state index is 0.0520. The quantitative estimate of drug-likeness (QED) is 0.103. The van der Waals surface area contributed by atoms with Gasteiger partial charge in [-0.05, 0) is 18.4 Å². The molecule has 4 aromatic rings. The largest absolute Gasteiger partial charge is 0.387 e. The van der Waals surface area contributed by atoms with Gasteiger partial charge in [0.25, 0.3) is 0 Å². The number of anilines is 3. The van der Waals surface area contributed by atoms with E-state index in [1.165, 1.54) is 17.2 Å². The third-order valence-electron chi connectivity index (χ3n) is 8.96. The van der Waals surface area contributed by atoms with E-state index in [0.29, 0.717) is 24.6 Å². The molecule has 0 amide bonds. The second kappa shape index (κ2) is 13.7. The lowest BCUT2D eigenvalue weighted by atomic mass is 10.1. The van der Waals surface area contributed by atoms with Crippen molar-refractivity contribution in [2.24, 2.45) is 5.73 Å². The minimum atomic E-state index is -4.35. The molecule has 2 unspecified atom stereocenters. The second-order valence-electron chi connectivity index (χ2n) is 12.3. The van der Waals surface area contributed by atoms with Gasteiger partial charge in [-0.1, -0.05) is 24.5 Å². The molecule has 3 saturated heterocycles. The number of hydrogen-bond acceptors (Lipinski definition) is 19. The number of fused-ring (bicyclic) bond motifs is 4. The molecular formula is C26H35N11O10P2S2. The van der Waals surface area contributed by atoms with Gasteiger partial charge in [0, 0.05) is 25.8 Å². The van der Waals surface area contributed by atoms with Crippen molar-refractivity contribution in [2.45, 2.75) is 61.9 Å². The zero-order valence-electron chi connectivity index (χ0n) is 26.5. The van der Waals surface area contributed by atoms with Gasteiger partial charge in [0.05, 0.1) is 24.9 Å². The van der Waals surface area contributed by atoms with Crippen LogP contribution in [0, 0.1) is 0 Å². The predicted molar refractivity (Wildman–Crippen MR) is 186 cm³/mol. The van der Waals surface area contributed by atoms with Gasteiger partial charge in [-0.3, -0.25) is 22.7 Å². The van der Waals surface area contributed by atoms with Crippen molar-refractivity contribution in [2.75, 3.05) is 49.2 Å². The lowest BCUT2D eigenvalue weighted by Gasteiger charge is -2.26. The normalized spacial score (nSPS) is 35.8. The van der Waals surface area contributed by atoms with Crippen LogP contribution in [-0.4, -0.2) is 114 Å². The molecule has 2 bridgehead atoms. The maximum absolute atomic E-state index is 13.8. The fourth-order valence-electron chi connectivity index (χ4n) is 6.66. The molecule has 21 nitrogen and oxygen atoms in total. The van der Waals surface area contributed by atoms with Gasteiger partial charge in [-0.2, -0.15) is 9.97 Å². The summed E-state index contributed by atoms with van der Waals surface area (Å²) in [6.45, 7) is -8.31. The predicted octanol–water partition coefficient (Wildman–Crippen LogP) is 0.992. The highest BCUT2D eigenvalue weighted by Crippen LogP contribution is 2.60. The molecular weight excluding hydrogens is 752 g/mol. The third-order valence-corrected chi connectivity index (χ3v) is 12.2. The van der Waals surface area contributed by atoms with Crippen LogP contribution in [0.25, 0.3) is 22.2 Å². The standard InChI is InChI=1S/C26H35N11O10P2S2/c27-3-5-30-26-34-20(28)15-23(35-26)37(10-33-15)25-19-16(38)12(44-25)7-42-48(40,50)46-18-13(8-43-49(41,51)47-19)45-24(17(18)39)36-6-11-2-1-4-29-21-14(11)22(36)32-9-31-21/h6,9-10,12-13,16-19,24-25,38-39H,1-5,7-8,27H2,(H,40,50)(H,41,51)(H,29,31,32)(H3,28,30,34,35)/t12-,13-,16-,17-,18-,19-,24-,25-,48?,49?/m1/s1. The van der Waals surface area contributed by atoms with Crippen LogP contribution in [-0.2, 0) is 43.1 Å². The first-order valence-corrected chi connectivity index (χ1v) is 21.3. The Balaban J connectivity index is 1.10. The van der Waals surface area contributed by atoms with E-state index >= 15 is 0 Å². The highest BCUT2D eigenvalue weighted by Gasteiger charge is 2.53. The van der Waals surface area contributed by atoms with Crippen LogP contribution in [0.2, 0.25) is 0 Å². The summed E-state index contributed by atoms with van der Waals surface area (Å²) < 4.78 is 65.8. The first-order valence-electron chi connectivity index (χ1n) is 15.9. The van der Waals surface area contributed by atoms with Crippen LogP contribution < -0.4 is 22.1 Å². The number of aryl methyl sites for hydroxylation is 1. The Morgan fingerprint density at radius 1 is 0.961 bits per heavy atom. The maximum Gasteiger partial charge on any atom is 0.386 e. The van der Waals surface area contributed by atoms with Gasteiger partial charge in [0.2, 0.25) is 5.95 Å². The van der Waals surface area contributed by atoms with Crippen LogP contribution in [0.3, 0.4) is 0 Å². The first-order chi connectivity index (χ1) is 24.4. The number of hydrogen-bond donors (Lipinski definition) is 8. The summed E-state index contributed by atoms with van der Waals surface area (Å²) in [5.74, 6) is 0.865. The number of aliphatic hydroxyl groups excluding tert-OH is 2. The average Bonchev–Trinajstić information content (AvgIpc) is 3.79. The summed E-state index contributed by atoms with van der Waals surface area (Å²) in [6, 6.07) is 0. The highest BCUT2D eigenvalue weighted by atomic mass is 32.7. The number of aromatic nitrogens is 7. The van der Waals surface area contributed by atoms with Gasteiger partial charge in [-0.25, -0.2) is 24.1 Å². The number of imidazole rings is 1. The molecule has 3 fully saturated rings. The number of nitrogen functional groups attached to an aromatic ring is 1. The van der Waals surface area contributed by atoms with Crippen molar-refractivity contribution in [1.82, 2.24) is 34.1 Å². The molecule has 4 aliphatic rings. The summed E-state index contributed by atoms with van der Waals surface area (Å²) in [5.41, 5.74) is 13.6. The molecule has 8 rings (SSSR count). The number of aliphatic hydroxyl groups is 2. The monoisotopic (exact) mass is 787 g/mol. The third kappa shape index (κ3) is 6.62. The first kappa shape index (κ1) is 35.4. The Labute approximate surface area is 299 Å². The van der Waals surface area contributed by atoms with E-state index in [0.717, 1.165) is 30.3 Å². The fraction of sp³-hybridized carbons (Fsp3) is 0.577. The molecule has 10 atom stereocenters. The number of ether oxygens (including phenoxy) is 2. The Morgan fingerprint density at radius 2 is 1.71 bits per heavy atom. The molecule has 8 N–H and O–H groups in total. The van der Waals surface area contributed by atoms with Gasteiger partial charge in [-0.15, -0.1) is 0 Å². The van der Waals surface area contributed by atoms with Crippen LogP contribution in [0.15, 0.2) is 18.9 Å². The molecule has 0 spiro atoms. The van der Waals surface area contributed by atoms with Crippen molar-refractivity contribution in [3.63, 3.8) is 0 Å². The summed E-state index contributed by atoms with van der Waals surface area (Å²) in [5, 5.41) is 30.0. The van der Waals surface area contributed by atoms with Gasteiger partial charge in [0.15, 0.2) is 23.9 Å². The zero-order chi connectivity index (χ0) is 35.7. The Hall–Kier alpha value is -2.63. The van der Waals surface area contributed by atoms with E-state index in [4.69, 9.17) is 39.0 Å². The molecule has 276 valence electrons. The number of nitrogens with zero attached hydrogens (tertiary/aromatic N) is 7. The average molecular weight is 788 g/mol. The minimum Gasteiger partial charge on any atom is -0.387 e. The molecule has 25 heteroatoms. The van der Waals surface area contributed by atoms with E-state index in [9.17, 15) is 19.3 Å². The van der Waals surface area contributed by atoms with Crippen molar-refractivity contribution in [3.05, 3.63) is 24.4 Å². The van der Waals surface area contributed by atoms with Crippen molar-refractivity contribution in [3.8, 4) is 0 Å². The molecule has 51 heavy (non-hydrogen) atoms. The smallest absolute Gasteiger partial charge is 0.386 e. The molecule has 0 radical (unpaired) electrons. The lowest BCUT2D eigenvalue weighted by molar-refractivity contribution is -0.0574. The number of thiol groups is 2. The second-order valence-corrected chi connectivity index (χ2v) is 18.0. The van der Waals surface area contributed by atoms with Crippen LogP contribution in [0.5, 0.6) is 0 Å². The summed E-state index contributed by atoms with van der Waals surface area (Å²) >= 11 is 8.36. The van der Waals surface area contributed by atoms with Crippen LogP contribution in [0.4, 0.5) is 17.6 Å². The Kier molecular flexibility index (Phi) is 9.48. The summed E-state index contributed by atoms with van der Waals surface area (Å²) in [4.78, 5) is 21.7. The van der Waals surface area contributed by atoms with E-state index < -0.39 is 75.9 Å². The molecule has 4 aliphatic heterocycles. The van der Waals surface area contributed by atoms with E-state index in [1.54, 1.807) is 4.57 Å². The topological polar surface area (TPSA) is 280 Å². The number of nitrogens with one attached hydrogen (secondary N) is 2. The van der Waals surface area contributed by atoms with Crippen molar-refractivity contribution in [1.29, 1.82) is 0 Å². The van der Waals surface area contributed by atoms with Crippen molar-refractivity contribution < 1.29 is 46.9 Å². The molecule has 0 aromatic carbocycles. The van der Waals surface area contributed by atoms with Gasteiger partial charge in [0.1, 0.15) is 59.9 Å². The number of rotatable bonds is 5. The van der Waals surface area contributed by atoms with E-state index in [2.05, 4.69) is 60.1 Å². The zero-order valence-corrected chi connectivity index (χ0v) is 30.1. The van der Waals surface area contributed by atoms with E-state index in [1.807, 2.05) is 6.20 Å². The SMILES string of the molecule is NCCNc1nc(N)c2ncn([C@@H]3O[C@@H]4COP(=O)(S)O[C@H]5[C@@H](O)[C@H](n6cc7c8c(ncnc86)NCCC7)O[C@@H]5COP(=O)(S)O[C@@H]3[C@@H]4O)c2n1. The molecule has 8 heterocycles. The van der Waals surface area contributed by atoms with Gasteiger partial charge < -0.3 is 46.4 Å². The molecule has 0 saturated carbocycles. The van der Waals surface area contributed by atoms with Gasteiger partial charge >= 0.3 is 13.6 Å². The Bertz CT molecular complexity index is 2060. The maximum atomic E-state index is 13.8. The molecule has 4 aromatic heterocycles. The van der Waals surface area contributed by atoms with Crippen molar-refractivity contribution >= 4 is 77.9 Å². The Morgan fingerprint density at radius 3 is 2.49 bits per heavy atom. The summed E-state index contributed by atoms with van der Waals surface area (Å²) in [6.07, 6.45) is -4.41. The highest BCUT2D eigenvalue weighted by molar-refractivity contribution is 8.44. The lowest BCUT2D eigenvalue weighted by Crippen LogP contribution is -2.35. The summed E-state index contributed by atoms with van der Waals surface area (Å²) in [7, 11) is 0.